The van der Waals surface area contributed by atoms with Gasteiger partial charge in [-0.2, -0.15) is 0 Å². The maximum atomic E-state index is 5.86. The number of hydrogen-bond donors (Lipinski definition) is 1. The first-order chi connectivity index (χ1) is 6.77. The van der Waals surface area contributed by atoms with Gasteiger partial charge in [0.15, 0.2) is 5.82 Å². The molecule has 1 saturated heterocycles. The Kier molecular flexibility index (Phi) is 2.77. The van der Waals surface area contributed by atoms with Gasteiger partial charge in [-0.25, -0.2) is 4.98 Å². The van der Waals surface area contributed by atoms with Crippen molar-refractivity contribution in [2.45, 2.75) is 19.3 Å². The van der Waals surface area contributed by atoms with E-state index in [2.05, 4.69) is 9.88 Å². The molecule has 0 aromatic carbocycles. The molecule has 14 heavy (non-hydrogen) atoms. The maximum Gasteiger partial charge on any atom is 0.151 e. The Morgan fingerprint density at radius 3 is 2.64 bits per heavy atom. The van der Waals surface area contributed by atoms with E-state index in [1.54, 1.807) is 12.3 Å². The molecule has 2 heterocycles. The third-order valence-corrected chi connectivity index (χ3v) is 2.72. The highest BCUT2D eigenvalue weighted by Gasteiger charge is 2.14. The van der Waals surface area contributed by atoms with Crippen LogP contribution in [0, 0.1) is 0 Å². The molecule has 2 rings (SSSR count). The van der Waals surface area contributed by atoms with E-state index in [4.69, 9.17) is 17.3 Å². The van der Waals surface area contributed by atoms with Crippen molar-refractivity contribution in [2.75, 3.05) is 23.7 Å². The molecule has 0 spiro atoms. The van der Waals surface area contributed by atoms with E-state index in [0.29, 0.717) is 10.7 Å². The molecular weight excluding hydrogens is 198 g/mol. The van der Waals surface area contributed by atoms with E-state index in [1.165, 1.54) is 19.3 Å². The molecular formula is C10H14ClN3. The zero-order valence-electron chi connectivity index (χ0n) is 8.04. The lowest BCUT2D eigenvalue weighted by Crippen LogP contribution is -2.30. The van der Waals surface area contributed by atoms with Crippen LogP contribution in [-0.4, -0.2) is 18.1 Å². The van der Waals surface area contributed by atoms with Gasteiger partial charge in [0.2, 0.25) is 0 Å². The van der Waals surface area contributed by atoms with Crippen molar-refractivity contribution in [3.05, 3.63) is 17.3 Å². The fourth-order valence-corrected chi connectivity index (χ4v) is 1.98. The Bertz CT molecular complexity index is 321. The average molecular weight is 212 g/mol. The Morgan fingerprint density at radius 2 is 2.00 bits per heavy atom. The van der Waals surface area contributed by atoms with Crippen LogP contribution in [-0.2, 0) is 0 Å². The predicted molar refractivity (Wildman–Crippen MR) is 59.7 cm³/mol. The lowest BCUT2D eigenvalue weighted by molar-refractivity contribution is 0.574. The minimum atomic E-state index is 0.600. The summed E-state index contributed by atoms with van der Waals surface area (Å²) in [6, 6.07) is 1.76. The fourth-order valence-electron chi connectivity index (χ4n) is 1.82. The first kappa shape index (κ1) is 9.59. The van der Waals surface area contributed by atoms with Gasteiger partial charge >= 0.3 is 0 Å². The summed E-state index contributed by atoms with van der Waals surface area (Å²) in [4.78, 5) is 6.50. The summed E-state index contributed by atoms with van der Waals surface area (Å²) in [5.41, 5.74) is 6.54. The molecule has 0 bridgehead atoms. The van der Waals surface area contributed by atoms with Crippen LogP contribution in [0.1, 0.15) is 19.3 Å². The van der Waals surface area contributed by atoms with Gasteiger partial charge in [-0.15, -0.1) is 0 Å². The number of nitrogens with zero attached hydrogens (tertiary/aromatic N) is 2. The maximum absolute atomic E-state index is 5.86. The third-order valence-electron chi connectivity index (χ3n) is 2.52. The van der Waals surface area contributed by atoms with Gasteiger partial charge in [-0.3, -0.25) is 0 Å². The van der Waals surface area contributed by atoms with Crippen molar-refractivity contribution in [1.82, 2.24) is 4.98 Å². The first-order valence-corrected chi connectivity index (χ1v) is 5.31. The normalized spacial score (nSPS) is 17.1. The van der Waals surface area contributed by atoms with Crippen LogP contribution in [0.5, 0.6) is 0 Å². The molecule has 4 heteroatoms. The van der Waals surface area contributed by atoms with Crippen LogP contribution >= 0.6 is 11.6 Å². The molecule has 1 aliphatic heterocycles. The SMILES string of the molecule is Nc1cc(Cl)cnc1N1CCCCC1. The van der Waals surface area contributed by atoms with Crippen molar-refractivity contribution in [1.29, 1.82) is 0 Å². The smallest absolute Gasteiger partial charge is 0.151 e. The molecule has 1 aromatic rings. The van der Waals surface area contributed by atoms with Crippen LogP contribution < -0.4 is 10.6 Å². The molecule has 0 unspecified atom stereocenters. The zero-order chi connectivity index (χ0) is 9.97. The average Bonchev–Trinajstić information content (AvgIpc) is 2.19. The van der Waals surface area contributed by atoms with Crippen LogP contribution in [0.25, 0.3) is 0 Å². The number of anilines is 2. The molecule has 1 aromatic heterocycles. The Labute approximate surface area is 88.9 Å². The Morgan fingerprint density at radius 1 is 1.29 bits per heavy atom. The molecule has 76 valence electrons. The van der Waals surface area contributed by atoms with Gasteiger partial charge in [0.1, 0.15) is 0 Å². The second kappa shape index (κ2) is 4.05. The Hall–Kier alpha value is -0.960. The summed E-state index contributed by atoms with van der Waals surface area (Å²) in [5.74, 6) is 0.883. The summed E-state index contributed by atoms with van der Waals surface area (Å²) in [6.45, 7) is 2.11. The molecule has 2 N–H and O–H groups in total. The number of aromatic nitrogens is 1. The van der Waals surface area contributed by atoms with Crippen LogP contribution in [0.15, 0.2) is 12.3 Å². The molecule has 0 atom stereocenters. The van der Waals surface area contributed by atoms with E-state index in [1.807, 2.05) is 0 Å². The third kappa shape index (κ3) is 1.93. The molecule has 0 amide bonds. The molecule has 1 aliphatic rings. The van der Waals surface area contributed by atoms with Crippen LogP contribution in [0.2, 0.25) is 5.02 Å². The predicted octanol–water partition coefficient (Wildman–Crippen LogP) is 2.31. The van der Waals surface area contributed by atoms with Gasteiger partial charge < -0.3 is 10.6 Å². The van der Waals surface area contributed by atoms with Gasteiger partial charge in [-0.1, -0.05) is 11.6 Å². The number of halogens is 1. The van der Waals surface area contributed by atoms with Crippen molar-refractivity contribution >= 4 is 23.1 Å². The second-order valence-corrected chi connectivity index (χ2v) is 4.05. The molecule has 0 aliphatic carbocycles. The highest BCUT2D eigenvalue weighted by atomic mass is 35.5. The van der Waals surface area contributed by atoms with E-state index >= 15 is 0 Å². The quantitative estimate of drug-likeness (QED) is 0.775. The summed E-state index contributed by atoms with van der Waals surface area (Å²) in [7, 11) is 0. The minimum Gasteiger partial charge on any atom is -0.396 e. The Balaban J connectivity index is 2.22. The minimum absolute atomic E-state index is 0.600. The van der Waals surface area contributed by atoms with Crippen molar-refractivity contribution in [2.24, 2.45) is 0 Å². The zero-order valence-corrected chi connectivity index (χ0v) is 8.80. The molecule has 0 saturated carbocycles. The lowest BCUT2D eigenvalue weighted by Gasteiger charge is -2.28. The number of nitrogen functional groups attached to an aromatic ring is 1. The van der Waals surface area contributed by atoms with Crippen LogP contribution in [0.3, 0.4) is 0 Å². The molecule has 0 radical (unpaired) electrons. The largest absolute Gasteiger partial charge is 0.396 e. The number of rotatable bonds is 1. The fraction of sp³-hybridized carbons (Fsp3) is 0.500. The van der Waals surface area contributed by atoms with Gasteiger partial charge in [-0.05, 0) is 25.3 Å². The summed E-state index contributed by atoms with van der Waals surface area (Å²) >= 11 is 5.79. The lowest BCUT2D eigenvalue weighted by atomic mass is 10.1. The van der Waals surface area contributed by atoms with Gasteiger partial charge in [0, 0.05) is 19.3 Å². The highest BCUT2D eigenvalue weighted by Crippen LogP contribution is 2.25. The number of pyridine rings is 1. The molecule has 1 fully saturated rings. The highest BCUT2D eigenvalue weighted by molar-refractivity contribution is 6.30. The van der Waals surface area contributed by atoms with Crippen molar-refractivity contribution in [3.63, 3.8) is 0 Å². The van der Waals surface area contributed by atoms with E-state index in [0.717, 1.165) is 18.9 Å². The summed E-state index contributed by atoms with van der Waals surface area (Å²) < 4.78 is 0. The van der Waals surface area contributed by atoms with E-state index in [9.17, 15) is 0 Å². The van der Waals surface area contributed by atoms with Crippen molar-refractivity contribution in [3.8, 4) is 0 Å². The summed E-state index contributed by atoms with van der Waals surface area (Å²) in [5, 5.41) is 0.600. The van der Waals surface area contributed by atoms with E-state index in [-0.39, 0.29) is 0 Å². The number of piperidine rings is 1. The van der Waals surface area contributed by atoms with Gasteiger partial charge in [0.05, 0.1) is 10.7 Å². The molecule has 3 nitrogen and oxygen atoms in total. The first-order valence-electron chi connectivity index (χ1n) is 4.93. The number of nitrogens with two attached hydrogens (primary N) is 1. The summed E-state index contributed by atoms with van der Waals surface area (Å²) in [6.07, 6.45) is 5.42. The second-order valence-electron chi connectivity index (χ2n) is 3.61. The van der Waals surface area contributed by atoms with Crippen molar-refractivity contribution < 1.29 is 0 Å². The number of hydrogen-bond acceptors (Lipinski definition) is 3. The van der Waals surface area contributed by atoms with E-state index < -0.39 is 0 Å². The topological polar surface area (TPSA) is 42.1 Å². The van der Waals surface area contributed by atoms with Crippen LogP contribution in [0.4, 0.5) is 11.5 Å². The monoisotopic (exact) mass is 211 g/mol. The van der Waals surface area contributed by atoms with Gasteiger partial charge in [0.25, 0.3) is 0 Å². The standard InChI is InChI=1S/C10H14ClN3/c11-8-6-9(12)10(13-7-8)14-4-2-1-3-5-14/h6-7H,1-5,12H2.